The molecule has 0 aromatic carbocycles. The Balaban J connectivity index is 1.47. The zero-order valence-electron chi connectivity index (χ0n) is 11.4. The Morgan fingerprint density at radius 2 is 2.05 bits per heavy atom. The van der Waals surface area contributed by atoms with E-state index < -0.39 is 0 Å². The summed E-state index contributed by atoms with van der Waals surface area (Å²) in [6.45, 7) is 4.79. The molecule has 1 aromatic rings. The van der Waals surface area contributed by atoms with Gasteiger partial charge in [0.25, 0.3) is 0 Å². The molecule has 0 spiro atoms. The van der Waals surface area contributed by atoms with Gasteiger partial charge in [-0.2, -0.15) is 0 Å². The minimum absolute atomic E-state index is 0.123. The topological polar surface area (TPSA) is 33.7 Å². The van der Waals surface area contributed by atoms with Crippen LogP contribution in [0.15, 0.2) is 11.4 Å². The monoisotopic (exact) mass is 282 g/mol. The van der Waals surface area contributed by atoms with E-state index in [0.717, 1.165) is 6.54 Å². The molecule has 2 aliphatic rings. The number of nitrogens with zero attached hydrogens (tertiary/aromatic N) is 1. The Morgan fingerprint density at radius 3 is 2.79 bits per heavy atom. The molecule has 5 heteroatoms. The first kappa shape index (κ1) is 13.5. The molecule has 0 radical (unpaired) electrons. The summed E-state index contributed by atoms with van der Waals surface area (Å²) in [5.74, 6) is 0. The van der Waals surface area contributed by atoms with Crippen LogP contribution in [0.2, 0.25) is 0 Å². The van der Waals surface area contributed by atoms with Crippen LogP contribution in [-0.4, -0.2) is 44.3 Å². The van der Waals surface area contributed by atoms with Crippen LogP contribution in [-0.2, 0) is 16.0 Å². The molecule has 1 aromatic heterocycles. The normalized spacial score (nSPS) is 23.2. The molecule has 0 aliphatic carbocycles. The van der Waals surface area contributed by atoms with Gasteiger partial charge in [0.05, 0.1) is 18.1 Å². The van der Waals surface area contributed by atoms with E-state index in [0.29, 0.717) is 19.3 Å². The Kier molecular flexibility index (Phi) is 4.50. The van der Waals surface area contributed by atoms with Crippen LogP contribution in [0.25, 0.3) is 0 Å². The quantitative estimate of drug-likeness (QED) is 0.915. The Labute approximate surface area is 118 Å². The maximum Gasteiger partial charge on any atom is 0.193 e. The molecule has 0 atom stereocenters. The summed E-state index contributed by atoms with van der Waals surface area (Å²) in [7, 11) is 2.20. The Morgan fingerprint density at radius 1 is 1.32 bits per heavy atom. The number of ether oxygens (including phenoxy) is 2. The van der Waals surface area contributed by atoms with Crippen molar-refractivity contribution in [2.24, 2.45) is 0 Å². The molecule has 2 saturated heterocycles. The van der Waals surface area contributed by atoms with E-state index in [2.05, 4.69) is 28.7 Å². The van der Waals surface area contributed by atoms with E-state index in [1.165, 1.54) is 36.4 Å². The van der Waals surface area contributed by atoms with E-state index in [4.69, 9.17) is 9.47 Å². The van der Waals surface area contributed by atoms with Crippen molar-refractivity contribution in [1.82, 2.24) is 10.2 Å². The molecule has 0 amide bonds. The largest absolute Gasteiger partial charge is 0.345 e. The van der Waals surface area contributed by atoms with Gasteiger partial charge in [0.2, 0.25) is 0 Å². The van der Waals surface area contributed by atoms with Crippen molar-refractivity contribution in [2.75, 3.05) is 33.4 Å². The van der Waals surface area contributed by atoms with Crippen LogP contribution >= 0.6 is 11.3 Å². The fourth-order valence-electron chi connectivity index (χ4n) is 2.61. The molecule has 3 rings (SSSR count). The van der Waals surface area contributed by atoms with Crippen molar-refractivity contribution in [1.29, 1.82) is 0 Å². The van der Waals surface area contributed by atoms with E-state index >= 15 is 0 Å². The minimum atomic E-state index is -0.123. The molecule has 2 fully saturated rings. The van der Waals surface area contributed by atoms with Crippen LogP contribution in [0, 0.1) is 0 Å². The van der Waals surface area contributed by atoms with Gasteiger partial charge in [0.1, 0.15) is 0 Å². The van der Waals surface area contributed by atoms with Crippen molar-refractivity contribution in [2.45, 2.75) is 31.7 Å². The first-order chi connectivity index (χ1) is 9.31. The highest BCUT2D eigenvalue weighted by Gasteiger charge is 2.20. The molecule has 1 N–H and O–H groups in total. The van der Waals surface area contributed by atoms with Gasteiger partial charge in [0, 0.05) is 12.6 Å². The van der Waals surface area contributed by atoms with Crippen molar-refractivity contribution in [3.05, 3.63) is 21.9 Å². The highest BCUT2D eigenvalue weighted by atomic mass is 32.1. The summed E-state index contributed by atoms with van der Waals surface area (Å²) in [4.78, 5) is 3.59. The fourth-order valence-corrected chi connectivity index (χ4v) is 3.51. The Bertz CT molecular complexity index is 396. The number of likely N-dealkylation sites (tertiary alicyclic amines) is 1. The van der Waals surface area contributed by atoms with Gasteiger partial charge in [-0.05, 0) is 50.0 Å². The number of thiophene rings is 1. The van der Waals surface area contributed by atoms with Crippen molar-refractivity contribution < 1.29 is 9.47 Å². The predicted octanol–water partition coefficient (Wildman–Crippen LogP) is 1.98. The van der Waals surface area contributed by atoms with Crippen LogP contribution in [0.1, 0.15) is 29.6 Å². The standard InChI is InChI=1S/C14H22N2O2S/c1-16-4-2-12(3-5-16)15-9-11-8-13(19-10-11)14-17-6-7-18-14/h8,10,12,14-15H,2-7,9H2,1H3. The predicted molar refractivity (Wildman–Crippen MR) is 76.3 cm³/mol. The van der Waals surface area contributed by atoms with Gasteiger partial charge in [-0.1, -0.05) is 0 Å². The number of rotatable bonds is 4. The summed E-state index contributed by atoms with van der Waals surface area (Å²) in [6.07, 6.45) is 2.38. The second-order valence-corrected chi connectivity index (χ2v) is 6.33. The summed E-state index contributed by atoms with van der Waals surface area (Å²) in [6, 6.07) is 2.88. The first-order valence-electron chi connectivity index (χ1n) is 7.04. The number of hydrogen-bond donors (Lipinski definition) is 1. The van der Waals surface area contributed by atoms with E-state index in [9.17, 15) is 0 Å². The van der Waals surface area contributed by atoms with Crippen molar-refractivity contribution >= 4 is 11.3 Å². The van der Waals surface area contributed by atoms with Crippen LogP contribution in [0.5, 0.6) is 0 Å². The molecule has 3 heterocycles. The first-order valence-corrected chi connectivity index (χ1v) is 7.91. The molecule has 106 valence electrons. The van der Waals surface area contributed by atoms with Crippen molar-refractivity contribution in [3.8, 4) is 0 Å². The smallest absolute Gasteiger partial charge is 0.193 e. The second kappa shape index (κ2) is 6.33. The van der Waals surface area contributed by atoms with Gasteiger partial charge in [-0.3, -0.25) is 0 Å². The molecular weight excluding hydrogens is 260 g/mol. The maximum atomic E-state index is 5.52. The molecule has 0 saturated carbocycles. The fraction of sp³-hybridized carbons (Fsp3) is 0.714. The van der Waals surface area contributed by atoms with Crippen LogP contribution in [0.4, 0.5) is 0 Å². The van der Waals surface area contributed by atoms with Crippen molar-refractivity contribution in [3.63, 3.8) is 0 Å². The average Bonchev–Trinajstić information content (AvgIpc) is 3.09. The highest BCUT2D eigenvalue weighted by Crippen LogP contribution is 2.29. The molecular formula is C14H22N2O2S. The van der Waals surface area contributed by atoms with Gasteiger partial charge in [-0.25, -0.2) is 0 Å². The average molecular weight is 282 g/mol. The minimum Gasteiger partial charge on any atom is -0.345 e. The third-order valence-electron chi connectivity index (χ3n) is 3.84. The summed E-state index contributed by atoms with van der Waals surface area (Å²) in [5, 5.41) is 5.87. The summed E-state index contributed by atoms with van der Waals surface area (Å²) < 4.78 is 11.0. The summed E-state index contributed by atoms with van der Waals surface area (Å²) in [5.41, 5.74) is 1.35. The van der Waals surface area contributed by atoms with Gasteiger partial charge >= 0.3 is 0 Å². The zero-order chi connectivity index (χ0) is 13.1. The van der Waals surface area contributed by atoms with Gasteiger partial charge in [0.15, 0.2) is 6.29 Å². The second-order valence-electron chi connectivity index (χ2n) is 5.39. The van der Waals surface area contributed by atoms with E-state index in [1.54, 1.807) is 11.3 Å². The summed E-state index contributed by atoms with van der Waals surface area (Å²) >= 11 is 1.74. The lowest BCUT2D eigenvalue weighted by atomic mass is 10.1. The van der Waals surface area contributed by atoms with E-state index in [-0.39, 0.29) is 6.29 Å². The Hall–Kier alpha value is -0.460. The lowest BCUT2D eigenvalue weighted by Gasteiger charge is -2.29. The molecule has 2 aliphatic heterocycles. The van der Waals surface area contributed by atoms with E-state index in [1.807, 2.05) is 0 Å². The molecule has 4 nitrogen and oxygen atoms in total. The SMILES string of the molecule is CN1CCC(NCc2csc(C3OCCO3)c2)CC1. The third kappa shape index (κ3) is 3.55. The lowest BCUT2D eigenvalue weighted by molar-refractivity contribution is -0.0413. The third-order valence-corrected chi connectivity index (χ3v) is 4.84. The molecule has 19 heavy (non-hydrogen) atoms. The lowest BCUT2D eigenvalue weighted by Crippen LogP contribution is -2.40. The highest BCUT2D eigenvalue weighted by molar-refractivity contribution is 7.10. The van der Waals surface area contributed by atoms with Crippen LogP contribution in [0.3, 0.4) is 0 Å². The van der Waals surface area contributed by atoms with Gasteiger partial charge in [-0.15, -0.1) is 11.3 Å². The molecule has 0 bridgehead atoms. The number of nitrogens with one attached hydrogen (secondary N) is 1. The maximum absolute atomic E-state index is 5.52. The number of piperidine rings is 1. The van der Waals surface area contributed by atoms with Crippen LogP contribution < -0.4 is 5.32 Å². The number of hydrogen-bond acceptors (Lipinski definition) is 5. The molecule has 0 unspecified atom stereocenters. The zero-order valence-corrected chi connectivity index (χ0v) is 12.2. The van der Waals surface area contributed by atoms with Gasteiger partial charge < -0.3 is 19.7 Å².